The molecule has 3 heterocycles. The van der Waals surface area contributed by atoms with Crippen molar-refractivity contribution >= 4 is 44.5 Å². The molecule has 2 aromatic rings. The van der Waals surface area contributed by atoms with Gasteiger partial charge in [0.15, 0.2) is 5.78 Å². The Balaban J connectivity index is 1.11. The van der Waals surface area contributed by atoms with Crippen molar-refractivity contribution in [3.05, 3.63) is 42.5 Å². The molecule has 1 aromatic heterocycles. The summed E-state index contributed by atoms with van der Waals surface area (Å²) >= 11 is 0. The van der Waals surface area contributed by atoms with Crippen LogP contribution in [0.1, 0.15) is 142 Å². The number of benzene rings is 1. The Morgan fingerprint density at radius 2 is 1.81 bits per heavy atom. The number of fused-ring (bicyclic) bond motifs is 5. The number of unbranched alkanes of at least 4 members (excludes halogenated alkanes) is 1. The topological polar surface area (TPSA) is 158 Å². The Morgan fingerprint density at radius 1 is 1.03 bits per heavy atom. The molecule has 12 nitrogen and oxygen atoms in total. The number of carbonyl (C=O) groups is 4. The van der Waals surface area contributed by atoms with Crippen molar-refractivity contribution in [3.8, 4) is 11.6 Å². The molecule has 338 valence electrons. The molecule has 6 aliphatic rings. The van der Waals surface area contributed by atoms with Gasteiger partial charge in [-0.2, -0.15) is 0 Å². The fourth-order valence-electron chi connectivity index (χ4n) is 10.1. The zero-order chi connectivity index (χ0) is 44.0. The second-order valence-electron chi connectivity index (χ2n) is 20.8. The summed E-state index contributed by atoms with van der Waals surface area (Å²) in [6, 6.07) is 6.93. The summed E-state index contributed by atoms with van der Waals surface area (Å²) in [6.07, 6.45) is 14.3. The van der Waals surface area contributed by atoms with Crippen LogP contribution in [0.3, 0.4) is 0 Å². The summed E-state index contributed by atoms with van der Waals surface area (Å²) in [5.74, 6) is -0.708. The molecule has 1 aromatic carbocycles. The number of ether oxygens (including phenoxy) is 3. The van der Waals surface area contributed by atoms with E-state index in [4.69, 9.17) is 19.2 Å². The summed E-state index contributed by atoms with van der Waals surface area (Å²) in [7, 11) is -3.96. The number of Topliss-reactive ketones (excluding diaryl/α,β-unsaturated/α-hetero) is 1. The standard InChI is InChI=1S/C49H67N3O9S/c1-6-33-28-49(33,46(56)51-62(57,58)48(5)22-23-48)29-40(53)39-26-34-30-52(39)45(55)37(47(2,3)4)27-42(54)61-41-25-32(41)18-8-7-9-20-36-43(59-24-13-12-15-31-16-14-17-31)35-19-10-11-21-38(35)50-44(36)60-34/h6,10-11,19,21,31-34,37,39,41H,1,7-9,12-18,20,22-30H2,2-5H3,(H,51,56)/t32-,33-,34-,37-,39+,41-,49-/m1/s1. The molecule has 13 heteroatoms. The van der Waals surface area contributed by atoms with Gasteiger partial charge in [0.05, 0.1) is 52.8 Å². The van der Waals surface area contributed by atoms with Crippen LogP contribution in [0.4, 0.5) is 0 Å². The van der Waals surface area contributed by atoms with Crippen LogP contribution in [0.5, 0.6) is 11.6 Å². The molecular formula is C49H67N3O9S. The van der Waals surface area contributed by atoms with E-state index in [9.17, 15) is 27.6 Å². The number of esters is 1. The lowest BCUT2D eigenvalue weighted by molar-refractivity contribution is -0.154. The second kappa shape index (κ2) is 17.5. The first kappa shape index (κ1) is 44.6. The van der Waals surface area contributed by atoms with E-state index in [-0.39, 0.29) is 50.0 Å². The highest BCUT2D eigenvalue weighted by Gasteiger charge is 2.62. The van der Waals surface area contributed by atoms with Crippen molar-refractivity contribution in [1.82, 2.24) is 14.6 Å². The Morgan fingerprint density at radius 3 is 2.50 bits per heavy atom. The number of allylic oxidation sites excluding steroid dienone is 1. The molecule has 2 bridgehead atoms. The molecule has 4 saturated carbocycles. The van der Waals surface area contributed by atoms with E-state index in [0.29, 0.717) is 37.7 Å². The van der Waals surface area contributed by atoms with Crippen molar-refractivity contribution in [2.24, 2.45) is 34.5 Å². The summed E-state index contributed by atoms with van der Waals surface area (Å²) < 4.78 is 47.3. The average Bonchev–Trinajstić information content (AvgIpc) is 4.16. The first-order valence-corrected chi connectivity index (χ1v) is 24.9. The van der Waals surface area contributed by atoms with Gasteiger partial charge >= 0.3 is 5.97 Å². The Bertz CT molecular complexity index is 2180. The summed E-state index contributed by atoms with van der Waals surface area (Å²) in [5, 5.41) is 0.922. The zero-order valence-corrected chi connectivity index (χ0v) is 38.1. The minimum atomic E-state index is -3.96. The molecule has 1 N–H and O–H groups in total. The first-order valence-electron chi connectivity index (χ1n) is 23.4. The smallest absolute Gasteiger partial charge is 0.306 e. The predicted octanol–water partition coefficient (Wildman–Crippen LogP) is 8.18. The van der Waals surface area contributed by atoms with Crippen LogP contribution in [0.25, 0.3) is 10.9 Å². The molecule has 5 fully saturated rings. The van der Waals surface area contributed by atoms with Crippen molar-refractivity contribution in [2.75, 3.05) is 13.2 Å². The molecule has 0 unspecified atom stereocenters. The molecular weight excluding hydrogens is 807 g/mol. The Labute approximate surface area is 367 Å². The van der Waals surface area contributed by atoms with Gasteiger partial charge < -0.3 is 19.1 Å². The number of carbonyl (C=O) groups excluding carboxylic acids is 4. The van der Waals surface area contributed by atoms with Gasteiger partial charge in [0.25, 0.3) is 0 Å². The van der Waals surface area contributed by atoms with Gasteiger partial charge in [-0.05, 0) is 100 Å². The maximum Gasteiger partial charge on any atom is 0.306 e. The zero-order valence-electron chi connectivity index (χ0n) is 37.3. The monoisotopic (exact) mass is 873 g/mol. The minimum Gasteiger partial charge on any atom is -0.492 e. The number of hydrogen-bond acceptors (Lipinski definition) is 10. The molecule has 7 atom stereocenters. The molecule has 8 rings (SSSR count). The number of rotatable bonds is 13. The third kappa shape index (κ3) is 9.43. The number of aromatic nitrogens is 1. The highest BCUT2D eigenvalue weighted by molar-refractivity contribution is 7.91. The predicted molar refractivity (Wildman–Crippen MR) is 236 cm³/mol. The second-order valence-corrected chi connectivity index (χ2v) is 23.0. The molecule has 4 aliphatic carbocycles. The van der Waals surface area contributed by atoms with Crippen LogP contribution in [0.15, 0.2) is 36.9 Å². The number of sulfonamides is 1. The third-order valence-corrected chi connectivity index (χ3v) is 17.3. The van der Waals surface area contributed by atoms with Crippen LogP contribution >= 0.6 is 0 Å². The number of ketones is 1. The maximum atomic E-state index is 14.9. The van der Waals surface area contributed by atoms with Crippen molar-refractivity contribution < 1.29 is 41.8 Å². The molecule has 0 radical (unpaired) electrons. The van der Waals surface area contributed by atoms with Crippen LogP contribution in [0.2, 0.25) is 0 Å². The summed E-state index contributed by atoms with van der Waals surface area (Å²) in [5.41, 5.74) is -0.352. The van der Waals surface area contributed by atoms with Crippen LogP contribution in [0, 0.1) is 34.5 Å². The number of pyridine rings is 1. The number of para-hydroxylation sites is 1. The summed E-state index contributed by atoms with van der Waals surface area (Å²) in [6.45, 7) is 11.9. The van der Waals surface area contributed by atoms with Crippen molar-refractivity contribution in [1.29, 1.82) is 0 Å². The van der Waals surface area contributed by atoms with Crippen molar-refractivity contribution in [2.45, 2.75) is 166 Å². The number of amides is 2. The maximum absolute atomic E-state index is 14.9. The quantitative estimate of drug-likeness (QED) is 0.118. The SMILES string of the molecule is C=C[C@@H]1C[C@]1(CC(=O)[C@@H]1C[C@@H]2CN1C(=O)[C@H](C(C)(C)C)CC(=O)O[C@@H]1C[C@H]1CCCCCc1c(nc3ccccc3c1OCCCCC1CCC1)O2)C(=O)NS(=O)(=O)C1(C)CC1. The van der Waals surface area contributed by atoms with E-state index in [1.807, 2.05) is 45.0 Å². The Kier molecular flexibility index (Phi) is 12.6. The number of nitrogens with zero attached hydrogens (tertiary/aromatic N) is 2. The van der Waals surface area contributed by atoms with E-state index in [1.165, 1.54) is 25.7 Å². The number of hydrogen-bond donors (Lipinski definition) is 1. The molecule has 2 aliphatic heterocycles. The molecule has 62 heavy (non-hydrogen) atoms. The van der Waals surface area contributed by atoms with Crippen molar-refractivity contribution in [3.63, 3.8) is 0 Å². The number of nitrogens with one attached hydrogen (secondary N) is 1. The molecule has 1 saturated heterocycles. The normalized spacial score (nSPS) is 30.0. The highest BCUT2D eigenvalue weighted by atomic mass is 32.2. The van der Waals surface area contributed by atoms with E-state index < -0.39 is 61.5 Å². The third-order valence-electron chi connectivity index (χ3n) is 15.1. The van der Waals surface area contributed by atoms with E-state index >= 15 is 0 Å². The lowest BCUT2D eigenvalue weighted by atomic mass is 9.77. The van der Waals surface area contributed by atoms with Gasteiger partial charge in [-0.3, -0.25) is 23.9 Å². The fourth-order valence-corrected chi connectivity index (χ4v) is 11.4. The Hall–Kier alpha value is -4.00. The van der Waals surface area contributed by atoms with E-state index in [1.54, 1.807) is 17.9 Å². The molecule has 2 amide bonds. The van der Waals surface area contributed by atoms with Gasteiger partial charge in [-0.15, -0.1) is 6.58 Å². The minimum absolute atomic E-state index is 0.0592. The summed E-state index contributed by atoms with van der Waals surface area (Å²) in [4.78, 5) is 63.7. The van der Waals surface area contributed by atoms with Crippen LogP contribution in [-0.2, 0) is 40.4 Å². The van der Waals surface area contributed by atoms with Gasteiger partial charge in [0.1, 0.15) is 18.0 Å². The lowest BCUT2D eigenvalue weighted by Gasteiger charge is -2.34. The van der Waals surface area contributed by atoms with Gasteiger partial charge in [-0.1, -0.05) is 77.5 Å². The van der Waals surface area contributed by atoms with E-state index in [0.717, 1.165) is 73.1 Å². The fraction of sp³-hybridized carbons (Fsp3) is 0.694. The van der Waals surface area contributed by atoms with E-state index in [2.05, 4.69) is 11.3 Å². The van der Waals surface area contributed by atoms with Gasteiger partial charge in [-0.25, -0.2) is 13.4 Å². The molecule has 0 spiro atoms. The largest absolute Gasteiger partial charge is 0.492 e. The van der Waals surface area contributed by atoms with Gasteiger partial charge in [0.2, 0.25) is 27.7 Å². The highest BCUT2D eigenvalue weighted by Crippen LogP contribution is 2.57. The average molecular weight is 874 g/mol. The lowest BCUT2D eigenvalue weighted by Crippen LogP contribution is -2.49. The van der Waals surface area contributed by atoms with Crippen LogP contribution in [-0.4, -0.2) is 78.0 Å². The van der Waals surface area contributed by atoms with Crippen LogP contribution < -0.4 is 14.2 Å². The first-order chi connectivity index (χ1) is 29.5. The van der Waals surface area contributed by atoms with Gasteiger partial charge in [0, 0.05) is 18.2 Å².